The van der Waals surface area contributed by atoms with E-state index in [1.165, 1.54) is 89.9 Å². The first-order chi connectivity index (χ1) is 9.68. The molecular weight excluding hydrogens is 242 g/mol. The second-order valence-corrected chi connectivity index (χ2v) is 6.87. The lowest BCUT2D eigenvalue weighted by Gasteiger charge is -2.14. The highest BCUT2D eigenvalue weighted by Crippen LogP contribution is 2.15. The fourth-order valence-corrected chi connectivity index (χ4v) is 2.75. The van der Waals surface area contributed by atoms with Crippen molar-refractivity contribution < 1.29 is 0 Å². The van der Waals surface area contributed by atoms with Crippen molar-refractivity contribution in [2.45, 2.75) is 117 Å². The Morgan fingerprint density at radius 3 is 1.30 bits per heavy atom. The van der Waals surface area contributed by atoms with E-state index >= 15 is 0 Å². The Bertz CT molecular complexity index is 177. The van der Waals surface area contributed by atoms with Gasteiger partial charge in [0.15, 0.2) is 0 Å². The van der Waals surface area contributed by atoms with E-state index in [4.69, 9.17) is 5.73 Å². The Balaban J connectivity index is 3.03. The number of unbranched alkanes of at least 4 members (excludes halogenated alkanes) is 12. The molecule has 0 aliphatic carbocycles. The first-order valence-corrected chi connectivity index (χ1v) is 9.44. The van der Waals surface area contributed by atoms with Crippen LogP contribution < -0.4 is 5.73 Å². The minimum atomic E-state index is 0.368. The van der Waals surface area contributed by atoms with Gasteiger partial charge in [-0.05, 0) is 19.3 Å². The van der Waals surface area contributed by atoms with E-state index < -0.39 is 0 Å². The average molecular weight is 284 g/mol. The summed E-state index contributed by atoms with van der Waals surface area (Å²) in [5.41, 5.74) is 5.88. The van der Waals surface area contributed by atoms with E-state index in [0.717, 1.165) is 0 Å². The highest BCUT2D eigenvalue weighted by molar-refractivity contribution is 4.63. The molecule has 1 nitrogen and oxygen atoms in total. The van der Waals surface area contributed by atoms with Gasteiger partial charge in [0, 0.05) is 6.04 Å². The molecule has 0 radical (unpaired) electrons. The van der Waals surface area contributed by atoms with E-state index in [1.807, 2.05) is 0 Å². The quantitative estimate of drug-likeness (QED) is 0.343. The van der Waals surface area contributed by atoms with Gasteiger partial charge in [-0.15, -0.1) is 0 Å². The van der Waals surface area contributed by atoms with Crippen molar-refractivity contribution in [2.24, 2.45) is 11.7 Å². The maximum absolute atomic E-state index is 5.88. The normalized spacial score (nSPS) is 14.4. The predicted molar refractivity (Wildman–Crippen MR) is 93.1 cm³/mol. The molecule has 0 bridgehead atoms. The lowest BCUT2D eigenvalue weighted by atomic mass is 9.96. The fourth-order valence-electron chi connectivity index (χ4n) is 2.75. The third-order valence-corrected chi connectivity index (χ3v) is 4.66. The molecule has 0 rings (SSSR count). The van der Waals surface area contributed by atoms with Crippen molar-refractivity contribution in [3.8, 4) is 0 Å². The SMILES string of the molecule is CCCCCCCCCCCCCCCC(C)[C@H](C)N. The van der Waals surface area contributed by atoms with Crippen molar-refractivity contribution >= 4 is 0 Å². The summed E-state index contributed by atoms with van der Waals surface area (Å²) in [6.07, 6.45) is 20.0. The van der Waals surface area contributed by atoms with Crippen molar-refractivity contribution in [2.75, 3.05) is 0 Å². The maximum Gasteiger partial charge on any atom is 0.00361 e. The standard InChI is InChI=1S/C19H41N/c1-4-5-6-7-8-9-10-11-12-13-14-15-16-17-18(2)19(3)20/h18-19H,4-17,20H2,1-3H3/t18?,19-/m0/s1. The van der Waals surface area contributed by atoms with Crippen molar-refractivity contribution in [1.82, 2.24) is 0 Å². The van der Waals surface area contributed by atoms with Gasteiger partial charge in [-0.3, -0.25) is 0 Å². The number of hydrogen-bond donors (Lipinski definition) is 1. The summed E-state index contributed by atoms with van der Waals surface area (Å²) in [4.78, 5) is 0. The van der Waals surface area contributed by atoms with Gasteiger partial charge in [0.1, 0.15) is 0 Å². The van der Waals surface area contributed by atoms with Crippen LogP contribution in [0.4, 0.5) is 0 Å². The number of rotatable bonds is 15. The molecule has 0 aliphatic rings. The molecule has 122 valence electrons. The second-order valence-electron chi connectivity index (χ2n) is 6.87. The van der Waals surface area contributed by atoms with Crippen LogP contribution in [0, 0.1) is 5.92 Å². The van der Waals surface area contributed by atoms with Gasteiger partial charge in [-0.25, -0.2) is 0 Å². The Kier molecular flexibility index (Phi) is 15.3. The molecule has 0 aromatic rings. The van der Waals surface area contributed by atoms with Crippen molar-refractivity contribution in [3.63, 3.8) is 0 Å². The van der Waals surface area contributed by atoms with E-state index in [2.05, 4.69) is 20.8 Å². The van der Waals surface area contributed by atoms with Gasteiger partial charge in [0.25, 0.3) is 0 Å². The summed E-state index contributed by atoms with van der Waals surface area (Å²) in [6.45, 7) is 6.70. The Labute approximate surface area is 129 Å². The summed E-state index contributed by atoms with van der Waals surface area (Å²) >= 11 is 0. The summed E-state index contributed by atoms with van der Waals surface area (Å²) in [7, 11) is 0. The molecule has 1 heteroatoms. The monoisotopic (exact) mass is 283 g/mol. The topological polar surface area (TPSA) is 26.0 Å². The molecule has 0 heterocycles. The van der Waals surface area contributed by atoms with Gasteiger partial charge < -0.3 is 5.73 Å². The van der Waals surface area contributed by atoms with Crippen LogP contribution in [-0.4, -0.2) is 6.04 Å². The third kappa shape index (κ3) is 14.4. The molecule has 2 atom stereocenters. The van der Waals surface area contributed by atoms with Crippen LogP contribution in [0.1, 0.15) is 111 Å². The molecule has 0 fully saturated rings. The molecule has 2 N–H and O–H groups in total. The van der Waals surface area contributed by atoms with E-state index in [-0.39, 0.29) is 0 Å². The minimum absolute atomic E-state index is 0.368. The third-order valence-electron chi connectivity index (χ3n) is 4.66. The van der Waals surface area contributed by atoms with Crippen LogP contribution in [0.5, 0.6) is 0 Å². The van der Waals surface area contributed by atoms with Gasteiger partial charge >= 0.3 is 0 Å². The zero-order chi connectivity index (χ0) is 15.1. The molecule has 1 unspecified atom stereocenters. The van der Waals surface area contributed by atoms with Gasteiger partial charge in [0.05, 0.1) is 0 Å². The Hall–Kier alpha value is -0.0400. The Morgan fingerprint density at radius 2 is 0.950 bits per heavy atom. The fraction of sp³-hybridized carbons (Fsp3) is 1.00. The number of nitrogens with two attached hydrogens (primary N) is 1. The van der Waals surface area contributed by atoms with E-state index in [1.54, 1.807) is 0 Å². The molecule has 20 heavy (non-hydrogen) atoms. The van der Waals surface area contributed by atoms with Crippen molar-refractivity contribution in [1.29, 1.82) is 0 Å². The lowest BCUT2D eigenvalue weighted by Crippen LogP contribution is -2.23. The summed E-state index contributed by atoms with van der Waals surface area (Å²) in [5.74, 6) is 0.697. The van der Waals surface area contributed by atoms with Gasteiger partial charge in [-0.1, -0.05) is 97.3 Å². The first-order valence-electron chi connectivity index (χ1n) is 9.44. The largest absolute Gasteiger partial charge is 0.328 e. The second kappa shape index (κ2) is 15.4. The summed E-state index contributed by atoms with van der Waals surface area (Å²) in [6, 6.07) is 0.368. The molecule has 0 aromatic heterocycles. The highest BCUT2D eigenvalue weighted by Gasteiger charge is 2.06. The van der Waals surface area contributed by atoms with Gasteiger partial charge in [-0.2, -0.15) is 0 Å². The Morgan fingerprint density at radius 1 is 0.600 bits per heavy atom. The van der Waals surface area contributed by atoms with Crippen molar-refractivity contribution in [3.05, 3.63) is 0 Å². The highest BCUT2D eigenvalue weighted by atomic mass is 14.6. The van der Waals surface area contributed by atoms with E-state index in [0.29, 0.717) is 12.0 Å². The molecule has 0 aliphatic heterocycles. The van der Waals surface area contributed by atoms with Crippen LogP contribution in [0.2, 0.25) is 0 Å². The van der Waals surface area contributed by atoms with Crippen LogP contribution in [0.15, 0.2) is 0 Å². The van der Waals surface area contributed by atoms with Crippen LogP contribution in [0.3, 0.4) is 0 Å². The average Bonchev–Trinajstić information content (AvgIpc) is 2.43. The summed E-state index contributed by atoms with van der Waals surface area (Å²) in [5, 5.41) is 0. The zero-order valence-electron chi connectivity index (χ0n) is 14.6. The smallest absolute Gasteiger partial charge is 0.00361 e. The van der Waals surface area contributed by atoms with Crippen LogP contribution >= 0.6 is 0 Å². The zero-order valence-corrected chi connectivity index (χ0v) is 14.6. The predicted octanol–water partition coefficient (Wildman–Crippen LogP) is 6.45. The first kappa shape index (κ1) is 20.0. The molecule has 0 spiro atoms. The molecule has 0 saturated carbocycles. The number of hydrogen-bond acceptors (Lipinski definition) is 1. The molecular formula is C19H41N. The van der Waals surface area contributed by atoms with Gasteiger partial charge in [0.2, 0.25) is 0 Å². The minimum Gasteiger partial charge on any atom is -0.328 e. The van der Waals surface area contributed by atoms with Crippen LogP contribution in [0.25, 0.3) is 0 Å². The molecule has 0 amide bonds. The maximum atomic E-state index is 5.88. The lowest BCUT2D eigenvalue weighted by molar-refractivity contribution is 0.423. The van der Waals surface area contributed by atoms with Crippen LogP contribution in [-0.2, 0) is 0 Å². The molecule has 0 aromatic carbocycles. The summed E-state index contributed by atoms with van der Waals surface area (Å²) < 4.78 is 0. The molecule has 0 saturated heterocycles. The van der Waals surface area contributed by atoms with E-state index in [9.17, 15) is 0 Å².